The van der Waals surface area contributed by atoms with E-state index in [1.54, 1.807) is 11.0 Å². The van der Waals surface area contributed by atoms with Crippen molar-refractivity contribution in [1.29, 1.82) is 0 Å². The van der Waals surface area contributed by atoms with Gasteiger partial charge in [-0.05, 0) is 102 Å². The molecular weight excluding hydrogens is 475 g/mol. The molecule has 1 unspecified atom stereocenters. The first-order valence-corrected chi connectivity index (χ1v) is 12.9. The summed E-state index contributed by atoms with van der Waals surface area (Å²) in [6, 6.07) is 4.50. The Labute approximate surface area is 219 Å². The molecule has 2 heterocycles. The monoisotopic (exact) mass is 516 g/mol. The topological polar surface area (TPSA) is 115 Å². The number of hydrogen-bond acceptors (Lipinski definition) is 4. The molecule has 8 nitrogen and oxygen atoms in total. The highest BCUT2D eigenvalue weighted by molar-refractivity contribution is 6.05. The molecule has 0 bridgehead atoms. The van der Waals surface area contributed by atoms with Crippen molar-refractivity contribution in [1.82, 2.24) is 15.2 Å². The molecular formula is C28H41FN4O4. The predicted octanol–water partition coefficient (Wildman–Crippen LogP) is 3.66. The number of aromatic amines is 1. The second-order valence-corrected chi connectivity index (χ2v) is 9.70. The van der Waals surface area contributed by atoms with Crippen molar-refractivity contribution in [3.05, 3.63) is 52.1 Å². The zero-order valence-electron chi connectivity index (χ0n) is 22.8. The third-order valence-corrected chi connectivity index (χ3v) is 7.36. The summed E-state index contributed by atoms with van der Waals surface area (Å²) in [5, 5.41) is 14.9. The second kappa shape index (κ2) is 13.4. The summed E-state index contributed by atoms with van der Waals surface area (Å²) in [4.78, 5) is 38.9. The maximum absolute atomic E-state index is 13.6. The number of halogens is 1. The highest BCUT2D eigenvalue weighted by atomic mass is 19.1. The van der Waals surface area contributed by atoms with Gasteiger partial charge in [-0.1, -0.05) is 0 Å². The first kappa shape index (κ1) is 30.0. The number of rotatable bonds is 11. The van der Waals surface area contributed by atoms with Gasteiger partial charge < -0.3 is 25.6 Å². The number of benzene rings is 1. The summed E-state index contributed by atoms with van der Waals surface area (Å²) in [6.45, 7) is 13.6. The third-order valence-electron chi connectivity index (χ3n) is 7.36. The van der Waals surface area contributed by atoms with Gasteiger partial charge in [-0.25, -0.2) is 4.39 Å². The van der Waals surface area contributed by atoms with Crippen LogP contribution in [0.15, 0.2) is 18.2 Å². The third kappa shape index (κ3) is 7.19. The number of aliphatic hydroxyl groups excluding tert-OH is 1. The normalized spacial score (nSPS) is 16.8. The SMILES string of the molecule is CCN(CC)C(=O)[C@@H](O)CCCNC=O.Cc1[nH]c(CCC2(C)C(=O)Nc3ccc(F)cc32)c(C)c1C. The quantitative estimate of drug-likeness (QED) is 0.270. The Kier molecular flexibility index (Phi) is 10.9. The van der Waals surface area contributed by atoms with E-state index in [-0.39, 0.29) is 17.6 Å². The van der Waals surface area contributed by atoms with Crippen LogP contribution < -0.4 is 10.6 Å². The van der Waals surface area contributed by atoms with Gasteiger partial charge in [0.05, 0.1) is 5.41 Å². The van der Waals surface area contributed by atoms with E-state index in [1.165, 1.54) is 29.0 Å². The molecule has 2 atom stereocenters. The number of hydrogen-bond donors (Lipinski definition) is 4. The van der Waals surface area contributed by atoms with E-state index in [0.717, 1.165) is 23.4 Å². The van der Waals surface area contributed by atoms with Crippen molar-refractivity contribution < 1.29 is 23.9 Å². The maximum Gasteiger partial charge on any atom is 0.251 e. The van der Waals surface area contributed by atoms with Crippen LogP contribution in [0.1, 0.15) is 68.1 Å². The fraction of sp³-hybridized carbons (Fsp3) is 0.536. The van der Waals surface area contributed by atoms with Crippen molar-refractivity contribution in [2.75, 3.05) is 25.0 Å². The number of amides is 3. The molecule has 1 aliphatic rings. The molecule has 0 radical (unpaired) electrons. The molecule has 4 N–H and O–H groups in total. The Balaban J connectivity index is 0.000000283. The molecule has 37 heavy (non-hydrogen) atoms. The minimum atomic E-state index is -0.946. The molecule has 1 aliphatic heterocycles. The van der Waals surface area contributed by atoms with Crippen LogP contribution in [0.5, 0.6) is 0 Å². The van der Waals surface area contributed by atoms with Gasteiger partial charge in [-0.3, -0.25) is 14.4 Å². The fourth-order valence-corrected chi connectivity index (χ4v) is 4.59. The number of anilines is 1. The average Bonchev–Trinajstić information content (AvgIpc) is 3.27. The molecule has 204 valence electrons. The molecule has 3 rings (SSSR count). The summed E-state index contributed by atoms with van der Waals surface area (Å²) in [7, 11) is 0. The summed E-state index contributed by atoms with van der Waals surface area (Å²) >= 11 is 0. The molecule has 1 aromatic carbocycles. The Morgan fingerprint density at radius 1 is 1.22 bits per heavy atom. The molecule has 0 saturated carbocycles. The van der Waals surface area contributed by atoms with Gasteiger partial charge in [-0.2, -0.15) is 0 Å². The number of H-pyrrole nitrogens is 1. The Hall–Kier alpha value is -3.20. The van der Waals surface area contributed by atoms with Gasteiger partial charge in [0.15, 0.2) is 0 Å². The van der Waals surface area contributed by atoms with Crippen LogP contribution in [0, 0.1) is 26.6 Å². The summed E-state index contributed by atoms with van der Waals surface area (Å²) in [6.07, 6.45) is 2.07. The van der Waals surface area contributed by atoms with Crippen LogP contribution in [0.3, 0.4) is 0 Å². The van der Waals surface area contributed by atoms with Crippen molar-refractivity contribution in [3.63, 3.8) is 0 Å². The number of likely N-dealkylation sites (N-methyl/N-ethyl adjacent to an activating group) is 1. The van der Waals surface area contributed by atoms with Gasteiger partial charge in [0, 0.05) is 36.7 Å². The molecule has 2 aromatic rings. The van der Waals surface area contributed by atoms with Crippen LogP contribution in [0.4, 0.5) is 10.1 Å². The van der Waals surface area contributed by atoms with E-state index in [4.69, 9.17) is 0 Å². The molecule has 0 saturated heterocycles. The summed E-state index contributed by atoms with van der Waals surface area (Å²) < 4.78 is 13.6. The number of carbonyl (C=O) groups excluding carboxylic acids is 3. The lowest BCUT2D eigenvalue weighted by atomic mass is 9.79. The minimum Gasteiger partial charge on any atom is -0.383 e. The highest BCUT2D eigenvalue weighted by Crippen LogP contribution is 2.41. The largest absolute Gasteiger partial charge is 0.383 e. The van der Waals surface area contributed by atoms with Crippen LogP contribution >= 0.6 is 0 Å². The fourth-order valence-electron chi connectivity index (χ4n) is 4.59. The lowest BCUT2D eigenvalue weighted by Gasteiger charge is -2.22. The van der Waals surface area contributed by atoms with Gasteiger partial charge in [0.1, 0.15) is 11.9 Å². The number of aryl methyl sites for hydroxylation is 2. The Bertz CT molecular complexity index is 1100. The highest BCUT2D eigenvalue weighted by Gasteiger charge is 2.42. The first-order valence-electron chi connectivity index (χ1n) is 12.9. The van der Waals surface area contributed by atoms with Crippen LogP contribution in [-0.2, 0) is 26.2 Å². The van der Waals surface area contributed by atoms with Crippen molar-refractivity contribution in [2.45, 2.75) is 78.7 Å². The van der Waals surface area contributed by atoms with Gasteiger partial charge in [0.25, 0.3) is 5.91 Å². The van der Waals surface area contributed by atoms with Crippen molar-refractivity contribution >= 4 is 23.9 Å². The van der Waals surface area contributed by atoms with Crippen LogP contribution in [0.2, 0.25) is 0 Å². The number of aliphatic hydroxyl groups is 1. The van der Waals surface area contributed by atoms with Gasteiger partial charge in [-0.15, -0.1) is 0 Å². The second-order valence-electron chi connectivity index (χ2n) is 9.70. The van der Waals surface area contributed by atoms with E-state index < -0.39 is 11.5 Å². The van der Waals surface area contributed by atoms with E-state index >= 15 is 0 Å². The Morgan fingerprint density at radius 2 is 1.89 bits per heavy atom. The van der Waals surface area contributed by atoms with Gasteiger partial charge >= 0.3 is 0 Å². The number of nitrogens with zero attached hydrogens (tertiary/aromatic N) is 1. The van der Waals surface area contributed by atoms with Gasteiger partial charge in [0.2, 0.25) is 12.3 Å². The standard InChI is InChI=1S/C18H21FN2O.C10H20N2O3/c1-10-11(2)15(20-12(10)3)7-8-18(4)14-9-13(19)5-6-16(14)21-17(18)22;1-3-12(4-2)10(15)9(14)6-5-7-11-8-13/h5-6,9,20H,7-8H2,1-4H3,(H,21,22);8-9,14H,3-7H2,1-2H3,(H,11,13)/t;9-/m.0/s1. The van der Waals surface area contributed by atoms with E-state index in [9.17, 15) is 23.9 Å². The maximum atomic E-state index is 13.6. The lowest BCUT2D eigenvalue weighted by molar-refractivity contribution is -0.140. The van der Waals surface area contributed by atoms with E-state index in [0.29, 0.717) is 45.3 Å². The zero-order valence-corrected chi connectivity index (χ0v) is 22.8. The summed E-state index contributed by atoms with van der Waals surface area (Å²) in [5.41, 5.74) is 5.64. The van der Waals surface area contributed by atoms with E-state index in [2.05, 4.69) is 36.4 Å². The smallest absolute Gasteiger partial charge is 0.251 e. The molecule has 9 heteroatoms. The lowest BCUT2D eigenvalue weighted by Crippen LogP contribution is -2.39. The average molecular weight is 517 g/mol. The van der Waals surface area contributed by atoms with Crippen molar-refractivity contribution in [3.8, 4) is 0 Å². The summed E-state index contributed by atoms with van der Waals surface area (Å²) in [5.74, 6) is -0.582. The molecule has 0 spiro atoms. The predicted molar refractivity (Wildman–Crippen MR) is 143 cm³/mol. The molecule has 1 aromatic heterocycles. The minimum absolute atomic E-state index is 0.0502. The Morgan fingerprint density at radius 3 is 2.46 bits per heavy atom. The zero-order chi connectivity index (χ0) is 27.8. The van der Waals surface area contributed by atoms with Crippen molar-refractivity contribution in [2.24, 2.45) is 0 Å². The molecule has 3 amide bonds. The van der Waals surface area contributed by atoms with E-state index in [1.807, 2.05) is 20.8 Å². The number of aromatic nitrogens is 1. The molecule has 0 aliphatic carbocycles. The molecule has 0 fully saturated rings. The van der Waals surface area contributed by atoms with Crippen LogP contribution in [-0.4, -0.2) is 59.0 Å². The number of carbonyl (C=O) groups is 3. The first-order chi connectivity index (χ1) is 17.5. The number of nitrogens with one attached hydrogen (secondary N) is 3. The number of fused-ring (bicyclic) bond motifs is 1. The van der Waals surface area contributed by atoms with Crippen LogP contribution in [0.25, 0.3) is 0 Å².